The average Bonchev–Trinajstić information content (AvgIpc) is 2.51. The molecule has 2 rings (SSSR count). The molecule has 0 heterocycles. The van der Waals surface area contributed by atoms with Crippen LogP contribution in [0.3, 0.4) is 0 Å². The number of amides is 1. The molecule has 0 saturated heterocycles. The molecule has 0 unspecified atom stereocenters. The van der Waals surface area contributed by atoms with Crippen LogP contribution in [0.25, 0.3) is 0 Å². The first-order valence-electron chi connectivity index (χ1n) is 7.40. The van der Waals surface area contributed by atoms with Crippen LogP contribution in [0, 0.1) is 6.92 Å². The van der Waals surface area contributed by atoms with E-state index in [0.29, 0.717) is 19.6 Å². The minimum Gasteiger partial charge on any atom is -0.489 e. The van der Waals surface area contributed by atoms with Gasteiger partial charge < -0.3 is 15.4 Å². The topological polar surface area (TPSA) is 50.4 Å². The van der Waals surface area contributed by atoms with E-state index in [-0.39, 0.29) is 18.3 Å². The highest BCUT2D eigenvalue weighted by molar-refractivity contribution is 5.91. The number of benzene rings is 2. The normalized spacial score (nSPS) is 9.83. The molecular weight excluding hydrogens is 312 g/mol. The molecule has 2 N–H and O–H groups in total. The standard InChI is InChI=1S/C18H22N2O2.ClH/c1-14-5-3-6-15(11-14)13-22-17-8-4-7-16(12-17)20-18(21)9-10-19-2;/h3-8,11-12,19H,9-10,13H2,1-2H3,(H,20,21);1H. The Morgan fingerprint density at radius 3 is 2.65 bits per heavy atom. The second kappa shape index (κ2) is 9.87. The molecule has 23 heavy (non-hydrogen) atoms. The van der Waals surface area contributed by atoms with E-state index >= 15 is 0 Å². The Bertz CT molecular complexity index is 632. The molecule has 1 amide bonds. The van der Waals surface area contributed by atoms with Gasteiger partial charge in [-0.2, -0.15) is 0 Å². The minimum atomic E-state index is -0.00909. The van der Waals surface area contributed by atoms with E-state index in [9.17, 15) is 4.79 Å². The minimum absolute atomic E-state index is 0. The van der Waals surface area contributed by atoms with E-state index in [4.69, 9.17) is 4.74 Å². The zero-order valence-electron chi connectivity index (χ0n) is 13.5. The zero-order chi connectivity index (χ0) is 15.8. The van der Waals surface area contributed by atoms with E-state index < -0.39 is 0 Å². The van der Waals surface area contributed by atoms with Crippen LogP contribution < -0.4 is 15.4 Å². The third-order valence-electron chi connectivity index (χ3n) is 3.21. The van der Waals surface area contributed by atoms with Gasteiger partial charge in [0.2, 0.25) is 5.91 Å². The van der Waals surface area contributed by atoms with Gasteiger partial charge in [-0.05, 0) is 31.7 Å². The molecule has 4 nitrogen and oxygen atoms in total. The Morgan fingerprint density at radius 1 is 1.13 bits per heavy atom. The van der Waals surface area contributed by atoms with Crippen LogP contribution in [0.1, 0.15) is 17.5 Å². The summed E-state index contributed by atoms with van der Waals surface area (Å²) < 4.78 is 5.79. The number of ether oxygens (including phenoxy) is 1. The third-order valence-corrected chi connectivity index (χ3v) is 3.21. The molecule has 0 saturated carbocycles. The van der Waals surface area contributed by atoms with Crippen LogP contribution >= 0.6 is 12.4 Å². The molecule has 0 aliphatic rings. The number of hydrogen-bond acceptors (Lipinski definition) is 3. The maximum absolute atomic E-state index is 11.7. The average molecular weight is 335 g/mol. The molecule has 0 aromatic heterocycles. The number of rotatable bonds is 7. The number of aryl methyl sites for hydroxylation is 1. The van der Waals surface area contributed by atoms with Crippen LogP contribution in [0.5, 0.6) is 5.75 Å². The molecule has 124 valence electrons. The van der Waals surface area contributed by atoms with Gasteiger partial charge in [0, 0.05) is 24.7 Å². The summed E-state index contributed by atoms with van der Waals surface area (Å²) in [7, 11) is 1.83. The molecule has 0 fully saturated rings. The zero-order valence-corrected chi connectivity index (χ0v) is 14.3. The van der Waals surface area contributed by atoms with Gasteiger partial charge >= 0.3 is 0 Å². The number of nitrogens with one attached hydrogen (secondary N) is 2. The number of anilines is 1. The van der Waals surface area contributed by atoms with Gasteiger partial charge in [0.05, 0.1) is 0 Å². The summed E-state index contributed by atoms with van der Waals surface area (Å²) in [5, 5.41) is 5.82. The van der Waals surface area contributed by atoms with Crippen molar-refractivity contribution in [2.75, 3.05) is 18.9 Å². The molecule has 5 heteroatoms. The van der Waals surface area contributed by atoms with Crippen LogP contribution in [0.15, 0.2) is 48.5 Å². The van der Waals surface area contributed by atoms with Gasteiger partial charge in [0.25, 0.3) is 0 Å². The fraction of sp³-hybridized carbons (Fsp3) is 0.278. The summed E-state index contributed by atoms with van der Waals surface area (Å²) >= 11 is 0. The van der Waals surface area contributed by atoms with Gasteiger partial charge in [-0.3, -0.25) is 4.79 Å². The summed E-state index contributed by atoms with van der Waals surface area (Å²) in [5.41, 5.74) is 3.10. The quantitative estimate of drug-likeness (QED) is 0.814. The third kappa shape index (κ3) is 6.72. The van der Waals surface area contributed by atoms with Crippen molar-refractivity contribution in [2.24, 2.45) is 0 Å². The fourth-order valence-corrected chi connectivity index (χ4v) is 2.09. The Hall–Kier alpha value is -2.04. The summed E-state index contributed by atoms with van der Waals surface area (Å²) in [6.07, 6.45) is 0.449. The van der Waals surface area contributed by atoms with Gasteiger partial charge in [-0.1, -0.05) is 35.9 Å². The summed E-state index contributed by atoms with van der Waals surface area (Å²) in [4.78, 5) is 11.7. The van der Waals surface area contributed by atoms with E-state index in [2.05, 4.69) is 29.7 Å². The number of halogens is 1. The second-order valence-corrected chi connectivity index (χ2v) is 5.21. The predicted molar refractivity (Wildman–Crippen MR) is 96.4 cm³/mol. The lowest BCUT2D eigenvalue weighted by molar-refractivity contribution is -0.116. The van der Waals surface area contributed by atoms with Crippen molar-refractivity contribution in [1.82, 2.24) is 5.32 Å². The molecule has 0 bridgehead atoms. The van der Waals surface area contributed by atoms with Gasteiger partial charge in [0.1, 0.15) is 12.4 Å². The van der Waals surface area contributed by atoms with Crippen LogP contribution in [0.4, 0.5) is 5.69 Å². The van der Waals surface area contributed by atoms with Crippen molar-refractivity contribution in [3.63, 3.8) is 0 Å². The molecule has 2 aromatic carbocycles. The van der Waals surface area contributed by atoms with Crippen molar-refractivity contribution in [3.8, 4) is 5.75 Å². The van der Waals surface area contributed by atoms with Crippen molar-refractivity contribution < 1.29 is 9.53 Å². The molecule has 0 atom stereocenters. The van der Waals surface area contributed by atoms with Gasteiger partial charge in [0.15, 0.2) is 0 Å². The Kier molecular flexibility index (Phi) is 8.16. The molecule has 0 aliphatic carbocycles. The van der Waals surface area contributed by atoms with E-state index in [1.54, 1.807) is 0 Å². The molecule has 0 spiro atoms. The molecule has 2 aromatic rings. The van der Waals surface area contributed by atoms with Crippen LogP contribution in [-0.4, -0.2) is 19.5 Å². The Balaban J connectivity index is 0.00000264. The fourth-order valence-electron chi connectivity index (χ4n) is 2.09. The maximum Gasteiger partial charge on any atom is 0.225 e. The van der Waals surface area contributed by atoms with Gasteiger partial charge in [-0.15, -0.1) is 12.4 Å². The predicted octanol–water partition coefficient (Wildman–Crippen LogP) is 3.54. The number of carbonyl (C=O) groups is 1. The van der Waals surface area contributed by atoms with E-state index in [1.165, 1.54) is 5.56 Å². The van der Waals surface area contributed by atoms with Crippen molar-refractivity contribution >= 4 is 24.0 Å². The smallest absolute Gasteiger partial charge is 0.225 e. The molecule has 0 radical (unpaired) electrons. The van der Waals surface area contributed by atoms with Crippen molar-refractivity contribution in [2.45, 2.75) is 20.0 Å². The SMILES string of the molecule is CNCCC(=O)Nc1cccc(OCc2cccc(C)c2)c1.Cl. The van der Waals surface area contributed by atoms with Crippen molar-refractivity contribution in [1.29, 1.82) is 0 Å². The summed E-state index contributed by atoms with van der Waals surface area (Å²) in [6, 6.07) is 15.7. The van der Waals surface area contributed by atoms with Crippen LogP contribution in [0.2, 0.25) is 0 Å². The first kappa shape index (κ1) is 19.0. The Labute approximate surface area is 143 Å². The number of carbonyl (C=O) groups excluding carboxylic acids is 1. The highest BCUT2D eigenvalue weighted by atomic mass is 35.5. The van der Waals surface area contributed by atoms with E-state index in [0.717, 1.165) is 17.0 Å². The first-order valence-corrected chi connectivity index (χ1v) is 7.40. The summed E-state index contributed by atoms with van der Waals surface area (Å²) in [5.74, 6) is 0.734. The molecule has 0 aliphatic heterocycles. The second-order valence-electron chi connectivity index (χ2n) is 5.21. The van der Waals surface area contributed by atoms with Crippen LogP contribution in [-0.2, 0) is 11.4 Å². The molecular formula is C18H23ClN2O2. The van der Waals surface area contributed by atoms with Crippen molar-refractivity contribution in [3.05, 3.63) is 59.7 Å². The lowest BCUT2D eigenvalue weighted by Crippen LogP contribution is -2.18. The maximum atomic E-state index is 11.7. The van der Waals surface area contributed by atoms with Gasteiger partial charge in [-0.25, -0.2) is 0 Å². The number of hydrogen-bond donors (Lipinski definition) is 2. The summed E-state index contributed by atoms with van der Waals surface area (Å²) in [6.45, 7) is 3.24. The lowest BCUT2D eigenvalue weighted by atomic mass is 10.1. The lowest BCUT2D eigenvalue weighted by Gasteiger charge is -2.10. The first-order chi connectivity index (χ1) is 10.7. The largest absolute Gasteiger partial charge is 0.489 e. The monoisotopic (exact) mass is 334 g/mol. The highest BCUT2D eigenvalue weighted by Gasteiger charge is 2.03. The van der Waals surface area contributed by atoms with E-state index in [1.807, 2.05) is 43.4 Å². The Morgan fingerprint density at radius 2 is 1.91 bits per heavy atom. The highest BCUT2D eigenvalue weighted by Crippen LogP contribution is 2.19.